The molecule has 0 aliphatic carbocycles. The molecule has 0 bridgehead atoms. The minimum atomic E-state index is -0.555. The van der Waals surface area contributed by atoms with Crippen LogP contribution < -0.4 is 10.6 Å². The van der Waals surface area contributed by atoms with Crippen LogP contribution in [0.5, 0.6) is 0 Å². The van der Waals surface area contributed by atoms with Crippen LogP contribution in [0, 0.1) is 13.8 Å². The number of benzene rings is 1. The molecule has 0 saturated carbocycles. The van der Waals surface area contributed by atoms with Crippen LogP contribution in [0.25, 0.3) is 0 Å². The number of urea groups is 1. The number of esters is 2. The monoisotopic (exact) mass is 346 g/mol. The Morgan fingerprint density at radius 1 is 1.16 bits per heavy atom. The summed E-state index contributed by atoms with van der Waals surface area (Å²) in [4.78, 5) is 36.1. The van der Waals surface area contributed by atoms with Crippen LogP contribution in [0.2, 0.25) is 0 Å². The van der Waals surface area contributed by atoms with Crippen LogP contribution in [-0.2, 0) is 14.3 Å². The summed E-state index contributed by atoms with van der Waals surface area (Å²) in [5.41, 5.74) is 2.76. The quantitative estimate of drug-likeness (QED) is 0.795. The van der Waals surface area contributed by atoms with E-state index in [-0.39, 0.29) is 24.5 Å². The molecule has 0 saturated heterocycles. The molecule has 1 unspecified atom stereocenters. The second-order valence-corrected chi connectivity index (χ2v) is 5.83. The van der Waals surface area contributed by atoms with E-state index in [4.69, 9.17) is 9.47 Å². The van der Waals surface area contributed by atoms with Gasteiger partial charge in [-0.2, -0.15) is 0 Å². The lowest BCUT2D eigenvalue weighted by Gasteiger charge is -2.26. The summed E-state index contributed by atoms with van der Waals surface area (Å²) in [5, 5.41) is 5.10. The smallest absolute Gasteiger partial charge is 0.338 e. The molecule has 1 heterocycles. The van der Waals surface area contributed by atoms with E-state index in [0.717, 1.165) is 11.1 Å². The minimum absolute atomic E-state index is 0.207. The SMILES string of the molecule is CCOC(=O)C1=C(COC(=O)c2ccc(C)cc2C)NC(=O)NC1C. The average Bonchev–Trinajstić information content (AvgIpc) is 2.52. The number of amides is 2. The molecule has 134 valence electrons. The standard InChI is InChI=1S/C18H22N2O5/c1-5-24-17(22)15-12(4)19-18(23)20-14(15)9-25-16(21)13-7-6-10(2)8-11(13)3/h6-8,12H,5,9H2,1-4H3,(H2,19,20,23). The summed E-state index contributed by atoms with van der Waals surface area (Å²) in [6.07, 6.45) is 0. The molecule has 1 aromatic carbocycles. The van der Waals surface area contributed by atoms with Crippen molar-refractivity contribution < 1.29 is 23.9 Å². The normalized spacial score (nSPS) is 16.8. The molecule has 1 aliphatic heterocycles. The second-order valence-electron chi connectivity index (χ2n) is 5.83. The van der Waals surface area contributed by atoms with Crippen molar-refractivity contribution in [2.24, 2.45) is 0 Å². The summed E-state index contributed by atoms with van der Waals surface area (Å²) >= 11 is 0. The molecule has 1 aromatic rings. The minimum Gasteiger partial charge on any atom is -0.463 e. The van der Waals surface area contributed by atoms with Gasteiger partial charge in [0.2, 0.25) is 0 Å². The maximum absolute atomic E-state index is 12.3. The van der Waals surface area contributed by atoms with Crippen molar-refractivity contribution in [3.05, 3.63) is 46.2 Å². The topological polar surface area (TPSA) is 93.7 Å². The van der Waals surface area contributed by atoms with Crippen LogP contribution in [0.1, 0.15) is 35.3 Å². The fourth-order valence-corrected chi connectivity index (χ4v) is 2.65. The highest BCUT2D eigenvalue weighted by Gasteiger charge is 2.30. The molecule has 2 amide bonds. The van der Waals surface area contributed by atoms with E-state index < -0.39 is 24.0 Å². The van der Waals surface area contributed by atoms with E-state index in [2.05, 4.69) is 10.6 Å². The van der Waals surface area contributed by atoms with E-state index in [1.807, 2.05) is 26.0 Å². The summed E-state index contributed by atoms with van der Waals surface area (Å²) in [7, 11) is 0. The Hall–Kier alpha value is -2.83. The lowest BCUT2D eigenvalue weighted by Crippen LogP contribution is -2.50. The van der Waals surface area contributed by atoms with Gasteiger partial charge >= 0.3 is 18.0 Å². The molecule has 0 aromatic heterocycles. The highest BCUT2D eigenvalue weighted by atomic mass is 16.5. The molecule has 2 rings (SSSR count). The summed E-state index contributed by atoms with van der Waals surface area (Å²) in [6, 6.07) is 4.40. The first kappa shape index (κ1) is 18.5. The van der Waals surface area contributed by atoms with Gasteiger partial charge in [-0.25, -0.2) is 14.4 Å². The number of aryl methyl sites for hydroxylation is 2. The largest absolute Gasteiger partial charge is 0.463 e. The number of hydrogen-bond donors (Lipinski definition) is 2. The zero-order valence-corrected chi connectivity index (χ0v) is 14.8. The van der Waals surface area contributed by atoms with Gasteiger partial charge in [0.25, 0.3) is 0 Å². The second kappa shape index (κ2) is 7.83. The van der Waals surface area contributed by atoms with Gasteiger partial charge in [0.05, 0.1) is 29.5 Å². The molecule has 1 aliphatic rings. The van der Waals surface area contributed by atoms with Gasteiger partial charge in [-0.05, 0) is 39.3 Å². The number of carbonyl (C=O) groups excluding carboxylic acids is 3. The summed E-state index contributed by atoms with van der Waals surface area (Å²) in [6.45, 7) is 7.09. The van der Waals surface area contributed by atoms with Gasteiger partial charge in [0, 0.05) is 0 Å². The van der Waals surface area contributed by atoms with Crippen molar-refractivity contribution in [1.82, 2.24) is 10.6 Å². The van der Waals surface area contributed by atoms with Crippen LogP contribution in [0.4, 0.5) is 4.79 Å². The highest BCUT2D eigenvalue weighted by molar-refractivity contribution is 5.95. The Morgan fingerprint density at radius 2 is 1.88 bits per heavy atom. The third kappa shape index (κ3) is 4.37. The van der Waals surface area contributed by atoms with Crippen molar-refractivity contribution in [2.75, 3.05) is 13.2 Å². The number of rotatable bonds is 5. The Labute approximate surface area is 146 Å². The van der Waals surface area contributed by atoms with E-state index in [0.29, 0.717) is 5.56 Å². The molecule has 25 heavy (non-hydrogen) atoms. The fourth-order valence-electron chi connectivity index (χ4n) is 2.65. The van der Waals surface area contributed by atoms with Gasteiger partial charge in [-0.15, -0.1) is 0 Å². The van der Waals surface area contributed by atoms with E-state index in [1.54, 1.807) is 19.9 Å². The molecular weight excluding hydrogens is 324 g/mol. The maximum Gasteiger partial charge on any atom is 0.338 e. The molecule has 7 nitrogen and oxygen atoms in total. The van der Waals surface area contributed by atoms with E-state index in [9.17, 15) is 14.4 Å². The van der Waals surface area contributed by atoms with Gasteiger partial charge < -0.3 is 20.1 Å². The molecule has 0 radical (unpaired) electrons. The van der Waals surface area contributed by atoms with Crippen LogP contribution in [-0.4, -0.2) is 37.2 Å². The van der Waals surface area contributed by atoms with Crippen molar-refractivity contribution in [3.8, 4) is 0 Å². The zero-order valence-electron chi connectivity index (χ0n) is 14.8. The molecule has 0 spiro atoms. The molecule has 7 heteroatoms. The summed E-state index contributed by atoms with van der Waals surface area (Å²) < 4.78 is 10.3. The molecular formula is C18H22N2O5. The number of nitrogens with one attached hydrogen (secondary N) is 2. The Bertz CT molecular complexity index is 739. The third-order valence-corrected chi connectivity index (χ3v) is 3.81. The highest BCUT2D eigenvalue weighted by Crippen LogP contribution is 2.16. The van der Waals surface area contributed by atoms with Gasteiger partial charge in [-0.3, -0.25) is 0 Å². The first-order chi connectivity index (χ1) is 11.8. The van der Waals surface area contributed by atoms with Gasteiger partial charge in [0.15, 0.2) is 0 Å². The predicted molar refractivity (Wildman–Crippen MR) is 91.0 cm³/mol. The predicted octanol–water partition coefficient (Wildman–Crippen LogP) is 1.98. The first-order valence-corrected chi connectivity index (χ1v) is 8.05. The van der Waals surface area contributed by atoms with Crippen LogP contribution in [0.15, 0.2) is 29.5 Å². The fraction of sp³-hybridized carbons (Fsp3) is 0.389. The Kier molecular flexibility index (Phi) is 5.80. The lowest BCUT2D eigenvalue weighted by molar-refractivity contribution is -0.139. The van der Waals surface area contributed by atoms with E-state index >= 15 is 0 Å². The third-order valence-electron chi connectivity index (χ3n) is 3.81. The van der Waals surface area contributed by atoms with Gasteiger partial charge in [0.1, 0.15) is 6.61 Å². The first-order valence-electron chi connectivity index (χ1n) is 8.05. The van der Waals surface area contributed by atoms with Gasteiger partial charge in [-0.1, -0.05) is 17.7 Å². The Morgan fingerprint density at radius 3 is 2.52 bits per heavy atom. The molecule has 0 fully saturated rings. The van der Waals surface area contributed by atoms with Crippen LogP contribution >= 0.6 is 0 Å². The van der Waals surface area contributed by atoms with Crippen molar-refractivity contribution in [3.63, 3.8) is 0 Å². The van der Waals surface area contributed by atoms with Crippen molar-refractivity contribution in [1.29, 1.82) is 0 Å². The summed E-state index contributed by atoms with van der Waals surface area (Å²) in [5.74, 6) is -1.08. The number of carbonyl (C=O) groups is 3. The molecule has 2 N–H and O–H groups in total. The number of hydrogen-bond acceptors (Lipinski definition) is 5. The zero-order chi connectivity index (χ0) is 18.6. The molecule has 1 atom stereocenters. The lowest BCUT2D eigenvalue weighted by atomic mass is 10.0. The van der Waals surface area contributed by atoms with Crippen LogP contribution in [0.3, 0.4) is 0 Å². The van der Waals surface area contributed by atoms with E-state index in [1.165, 1.54) is 0 Å². The Balaban J connectivity index is 2.19. The van der Waals surface area contributed by atoms with Crippen molar-refractivity contribution >= 4 is 18.0 Å². The number of ether oxygens (including phenoxy) is 2. The average molecular weight is 346 g/mol. The maximum atomic E-state index is 12.3. The van der Waals surface area contributed by atoms with Crippen molar-refractivity contribution in [2.45, 2.75) is 33.7 Å².